The molecule has 0 aliphatic carbocycles. The Kier molecular flexibility index (Phi) is 5.80. The molecule has 4 rings (SSSR count). The molecule has 0 saturated carbocycles. The molecule has 3 heterocycles. The molecule has 3 aromatic rings. The number of benzene rings is 1. The van der Waals surface area contributed by atoms with Crippen molar-refractivity contribution in [3.05, 3.63) is 52.0 Å². The van der Waals surface area contributed by atoms with Crippen molar-refractivity contribution >= 4 is 17.2 Å². The van der Waals surface area contributed by atoms with Crippen LogP contribution < -0.4 is 14.2 Å². The Hall–Kier alpha value is -3.89. The zero-order valence-electron chi connectivity index (χ0n) is 18.0. The number of carbonyl (C=O) groups excluding carboxylic acids is 1. The number of pyridine rings is 1. The van der Waals surface area contributed by atoms with Gasteiger partial charge in [-0.15, -0.1) is 10.2 Å². The molecular formula is C21H23N5O6. The number of hydrogen-bond acceptors (Lipinski definition) is 8. The molecule has 1 amide bonds. The predicted octanol–water partition coefficient (Wildman–Crippen LogP) is 2.68. The number of methoxy groups -OCH3 is 3. The van der Waals surface area contributed by atoms with Crippen LogP contribution in [0.3, 0.4) is 0 Å². The van der Waals surface area contributed by atoms with E-state index in [1.165, 1.54) is 27.4 Å². The minimum atomic E-state index is -0.636. The summed E-state index contributed by atoms with van der Waals surface area (Å²) in [5.41, 5.74) is 0.227. The van der Waals surface area contributed by atoms with E-state index in [1.807, 2.05) is 28.8 Å². The van der Waals surface area contributed by atoms with Crippen molar-refractivity contribution in [1.29, 1.82) is 0 Å². The average Bonchev–Trinajstić information content (AvgIpc) is 3.26. The number of carbonyl (C=O) groups is 1. The highest BCUT2D eigenvalue weighted by molar-refractivity contribution is 6.00. The van der Waals surface area contributed by atoms with Crippen molar-refractivity contribution in [1.82, 2.24) is 19.5 Å². The van der Waals surface area contributed by atoms with Gasteiger partial charge in [0.25, 0.3) is 5.91 Å². The van der Waals surface area contributed by atoms with Crippen molar-refractivity contribution in [3.8, 4) is 17.2 Å². The molecule has 1 saturated heterocycles. The van der Waals surface area contributed by atoms with Crippen LogP contribution >= 0.6 is 0 Å². The predicted molar refractivity (Wildman–Crippen MR) is 114 cm³/mol. The average molecular weight is 441 g/mol. The maximum Gasteiger partial charge on any atom is 0.327 e. The standard InChI is InChI=1S/C21H23N5O6/c1-30-15-12-14(17(26(28)29)19(32-3)18(15)31-2)21(27)24-10-7-13(8-11-24)20-23-22-16-6-4-5-9-25(16)20/h4-6,9,12-13H,7-8,10-11H2,1-3H3. The second-order valence-electron chi connectivity index (χ2n) is 7.35. The van der Waals surface area contributed by atoms with Gasteiger partial charge in [0.1, 0.15) is 11.4 Å². The van der Waals surface area contributed by atoms with Gasteiger partial charge in [0.2, 0.25) is 11.5 Å². The molecule has 0 N–H and O–H groups in total. The number of amides is 1. The SMILES string of the molecule is COc1cc(C(=O)N2CCC(c3nnc4ccccn34)CC2)c([N+](=O)[O-])c(OC)c1OC. The highest BCUT2D eigenvalue weighted by atomic mass is 16.6. The zero-order chi connectivity index (χ0) is 22.8. The van der Waals surface area contributed by atoms with Gasteiger partial charge in [-0.25, -0.2) is 0 Å². The lowest BCUT2D eigenvalue weighted by Gasteiger charge is -2.31. The normalized spacial score (nSPS) is 14.4. The molecule has 0 spiro atoms. The quantitative estimate of drug-likeness (QED) is 0.423. The van der Waals surface area contributed by atoms with Gasteiger partial charge >= 0.3 is 5.69 Å². The molecule has 11 heteroatoms. The molecule has 0 atom stereocenters. The van der Waals surface area contributed by atoms with Crippen molar-refractivity contribution in [2.45, 2.75) is 18.8 Å². The number of hydrogen-bond donors (Lipinski definition) is 0. The third-order valence-corrected chi connectivity index (χ3v) is 5.70. The van der Waals surface area contributed by atoms with Gasteiger partial charge in [0, 0.05) is 31.3 Å². The summed E-state index contributed by atoms with van der Waals surface area (Å²) in [6, 6.07) is 7.04. The smallest absolute Gasteiger partial charge is 0.327 e. The van der Waals surface area contributed by atoms with Crippen LogP contribution in [-0.4, -0.2) is 64.7 Å². The van der Waals surface area contributed by atoms with E-state index in [2.05, 4.69) is 10.2 Å². The van der Waals surface area contributed by atoms with Crippen molar-refractivity contribution in [3.63, 3.8) is 0 Å². The fraction of sp³-hybridized carbons (Fsp3) is 0.381. The summed E-state index contributed by atoms with van der Waals surface area (Å²) in [6.45, 7) is 0.859. The summed E-state index contributed by atoms with van der Waals surface area (Å²) < 4.78 is 17.7. The largest absolute Gasteiger partial charge is 0.493 e. The number of rotatable bonds is 6. The Morgan fingerprint density at radius 2 is 1.81 bits per heavy atom. The highest BCUT2D eigenvalue weighted by Gasteiger charge is 2.36. The Morgan fingerprint density at radius 1 is 1.09 bits per heavy atom. The van der Waals surface area contributed by atoms with E-state index < -0.39 is 16.5 Å². The summed E-state index contributed by atoms with van der Waals surface area (Å²) >= 11 is 0. The Morgan fingerprint density at radius 3 is 2.44 bits per heavy atom. The molecule has 0 unspecified atom stereocenters. The second kappa shape index (κ2) is 8.69. The first kappa shape index (κ1) is 21.3. The lowest BCUT2D eigenvalue weighted by atomic mass is 9.95. The maximum atomic E-state index is 13.3. The molecule has 1 fully saturated rings. The van der Waals surface area contributed by atoms with Crippen molar-refractivity contribution < 1.29 is 23.9 Å². The first-order valence-corrected chi connectivity index (χ1v) is 10.1. The van der Waals surface area contributed by atoms with Crippen LogP contribution in [0, 0.1) is 10.1 Å². The summed E-state index contributed by atoms with van der Waals surface area (Å²) in [5, 5.41) is 20.3. The molecule has 0 radical (unpaired) electrons. The van der Waals surface area contributed by atoms with E-state index in [0.717, 1.165) is 11.5 Å². The van der Waals surface area contributed by atoms with E-state index in [9.17, 15) is 14.9 Å². The molecule has 2 aromatic heterocycles. The molecule has 32 heavy (non-hydrogen) atoms. The van der Waals surface area contributed by atoms with Crippen molar-refractivity contribution in [2.75, 3.05) is 34.4 Å². The fourth-order valence-corrected chi connectivity index (χ4v) is 4.13. The summed E-state index contributed by atoms with van der Waals surface area (Å²) in [7, 11) is 4.03. The van der Waals surface area contributed by atoms with E-state index in [4.69, 9.17) is 14.2 Å². The lowest BCUT2D eigenvalue weighted by molar-refractivity contribution is -0.386. The number of likely N-dealkylation sites (tertiary alicyclic amines) is 1. The van der Waals surface area contributed by atoms with Crippen molar-refractivity contribution in [2.24, 2.45) is 0 Å². The first-order chi connectivity index (χ1) is 15.5. The summed E-state index contributed by atoms with van der Waals surface area (Å²) in [5.74, 6) is 0.627. The monoisotopic (exact) mass is 441 g/mol. The van der Waals surface area contributed by atoms with E-state index in [-0.39, 0.29) is 28.7 Å². The molecule has 11 nitrogen and oxygen atoms in total. The molecule has 168 valence electrons. The molecular weight excluding hydrogens is 418 g/mol. The molecule has 1 aliphatic heterocycles. The maximum absolute atomic E-state index is 13.3. The Bertz CT molecular complexity index is 1170. The topological polar surface area (TPSA) is 121 Å². The third kappa shape index (κ3) is 3.55. The Labute approximate surface area is 183 Å². The van der Waals surface area contributed by atoms with Crippen LogP contribution in [0.2, 0.25) is 0 Å². The van der Waals surface area contributed by atoms with E-state index in [0.29, 0.717) is 25.9 Å². The number of aromatic nitrogens is 3. The van der Waals surface area contributed by atoms with Gasteiger partial charge in [-0.1, -0.05) is 6.07 Å². The highest BCUT2D eigenvalue weighted by Crippen LogP contribution is 2.46. The number of fused-ring (bicyclic) bond motifs is 1. The minimum absolute atomic E-state index is 0.0654. The van der Waals surface area contributed by atoms with Crippen LogP contribution in [0.1, 0.15) is 34.9 Å². The van der Waals surface area contributed by atoms with Crippen LogP contribution in [0.4, 0.5) is 5.69 Å². The van der Waals surface area contributed by atoms with Crippen LogP contribution in [-0.2, 0) is 0 Å². The fourth-order valence-electron chi connectivity index (χ4n) is 4.13. The van der Waals surface area contributed by atoms with Crippen LogP contribution in [0.25, 0.3) is 5.65 Å². The molecule has 1 aliphatic rings. The summed E-state index contributed by atoms with van der Waals surface area (Å²) in [4.78, 5) is 26.1. The minimum Gasteiger partial charge on any atom is -0.493 e. The van der Waals surface area contributed by atoms with E-state index in [1.54, 1.807) is 4.90 Å². The first-order valence-electron chi connectivity index (χ1n) is 10.1. The third-order valence-electron chi connectivity index (χ3n) is 5.70. The summed E-state index contributed by atoms with van der Waals surface area (Å²) in [6.07, 6.45) is 3.25. The van der Waals surface area contributed by atoms with Gasteiger partial charge in [-0.3, -0.25) is 19.3 Å². The number of nitro benzene ring substituents is 1. The number of nitro groups is 1. The number of piperidine rings is 1. The molecule has 0 bridgehead atoms. The zero-order valence-corrected chi connectivity index (χ0v) is 18.0. The van der Waals surface area contributed by atoms with Gasteiger partial charge in [-0.05, 0) is 25.0 Å². The Balaban J connectivity index is 1.61. The van der Waals surface area contributed by atoms with Crippen LogP contribution in [0.15, 0.2) is 30.5 Å². The van der Waals surface area contributed by atoms with Gasteiger partial charge in [0.15, 0.2) is 11.4 Å². The molecule has 1 aromatic carbocycles. The number of ether oxygens (including phenoxy) is 3. The van der Waals surface area contributed by atoms with E-state index >= 15 is 0 Å². The second-order valence-corrected chi connectivity index (χ2v) is 7.35. The van der Waals surface area contributed by atoms with Crippen LogP contribution in [0.5, 0.6) is 17.2 Å². The number of nitrogens with zero attached hydrogens (tertiary/aromatic N) is 5. The van der Waals surface area contributed by atoms with Gasteiger partial charge in [-0.2, -0.15) is 0 Å². The lowest BCUT2D eigenvalue weighted by Crippen LogP contribution is -2.38. The van der Waals surface area contributed by atoms with Gasteiger partial charge < -0.3 is 19.1 Å². The van der Waals surface area contributed by atoms with Gasteiger partial charge in [0.05, 0.1) is 26.3 Å².